The third-order valence-corrected chi connectivity index (χ3v) is 4.15. The predicted molar refractivity (Wildman–Crippen MR) is 94.0 cm³/mol. The molecule has 1 aliphatic heterocycles. The van der Waals surface area contributed by atoms with Gasteiger partial charge in [0.2, 0.25) is 5.91 Å². The molecule has 1 unspecified atom stereocenters. The number of rotatable bonds is 5. The summed E-state index contributed by atoms with van der Waals surface area (Å²) in [6.45, 7) is 4.65. The second-order valence-corrected chi connectivity index (χ2v) is 5.98. The first-order chi connectivity index (χ1) is 11.7. The van der Waals surface area contributed by atoms with Crippen molar-refractivity contribution in [2.45, 2.75) is 12.3 Å². The summed E-state index contributed by atoms with van der Waals surface area (Å²) in [5.41, 5.74) is 1.04. The van der Waals surface area contributed by atoms with Crippen LogP contribution in [0, 0.1) is 0 Å². The molecule has 1 amide bonds. The molecule has 4 nitrogen and oxygen atoms in total. The molecule has 0 saturated carbocycles. The minimum Gasteiger partial charge on any atom is -0.493 e. The highest BCUT2D eigenvalue weighted by Crippen LogP contribution is 2.37. The normalized spacial score (nSPS) is 15.8. The number of carbonyl (C=O) groups excluding carboxylic acids is 1. The zero-order valence-corrected chi connectivity index (χ0v) is 13.9. The van der Waals surface area contributed by atoms with Gasteiger partial charge in [-0.2, -0.15) is 0 Å². The molecule has 1 N–H and O–H groups in total. The number of amides is 1. The largest absolute Gasteiger partial charge is 0.493 e. The van der Waals surface area contributed by atoms with Crippen LogP contribution in [-0.4, -0.2) is 19.1 Å². The number of nitrogens with one attached hydrogen (secondary N) is 1. The molecule has 24 heavy (non-hydrogen) atoms. The molecule has 1 heterocycles. The third kappa shape index (κ3) is 3.89. The predicted octanol–water partition coefficient (Wildman–Crippen LogP) is 4.30. The van der Waals surface area contributed by atoms with Crippen molar-refractivity contribution in [2.75, 3.05) is 13.2 Å². The Morgan fingerprint density at radius 3 is 2.79 bits per heavy atom. The molecule has 0 aromatic heterocycles. The third-order valence-electron chi connectivity index (χ3n) is 3.90. The Balaban J connectivity index is 1.78. The molecule has 2 aromatic carbocycles. The lowest BCUT2D eigenvalue weighted by Gasteiger charge is -2.26. The standard InChI is InChI=1S/C19H18ClNO3/c1-2-19(22)21-12-13-9-10-23-18-8-7-16(11-17(13)18)24-15-5-3-14(20)4-6-15/h2-8,11,13H,1,9-10,12H2,(H,21,22). The Morgan fingerprint density at radius 2 is 2.04 bits per heavy atom. The highest BCUT2D eigenvalue weighted by atomic mass is 35.5. The van der Waals surface area contributed by atoms with Crippen molar-refractivity contribution in [2.24, 2.45) is 0 Å². The van der Waals surface area contributed by atoms with E-state index in [0.29, 0.717) is 23.9 Å². The topological polar surface area (TPSA) is 47.6 Å². The van der Waals surface area contributed by atoms with Crippen LogP contribution in [0.25, 0.3) is 0 Å². The van der Waals surface area contributed by atoms with Gasteiger partial charge in [0.1, 0.15) is 17.2 Å². The van der Waals surface area contributed by atoms with Crippen LogP contribution in [-0.2, 0) is 4.79 Å². The van der Waals surface area contributed by atoms with E-state index >= 15 is 0 Å². The van der Waals surface area contributed by atoms with Crippen LogP contribution in [0.3, 0.4) is 0 Å². The van der Waals surface area contributed by atoms with Gasteiger partial charge in [-0.05, 0) is 55.0 Å². The molecular formula is C19H18ClNO3. The van der Waals surface area contributed by atoms with Crippen LogP contribution >= 0.6 is 11.6 Å². The number of carbonyl (C=O) groups is 1. The van der Waals surface area contributed by atoms with Gasteiger partial charge in [-0.15, -0.1) is 0 Å². The maximum Gasteiger partial charge on any atom is 0.243 e. The molecule has 5 heteroatoms. The summed E-state index contributed by atoms with van der Waals surface area (Å²) >= 11 is 5.89. The van der Waals surface area contributed by atoms with E-state index in [1.165, 1.54) is 6.08 Å². The summed E-state index contributed by atoms with van der Waals surface area (Å²) in [5.74, 6) is 2.29. The average molecular weight is 344 g/mol. The van der Waals surface area contributed by atoms with Crippen molar-refractivity contribution in [3.63, 3.8) is 0 Å². The van der Waals surface area contributed by atoms with Gasteiger partial charge < -0.3 is 14.8 Å². The molecule has 0 saturated heterocycles. The maximum atomic E-state index is 11.4. The van der Waals surface area contributed by atoms with Gasteiger partial charge in [0.15, 0.2) is 0 Å². The van der Waals surface area contributed by atoms with Gasteiger partial charge in [0.25, 0.3) is 0 Å². The average Bonchev–Trinajstić information content (AvgIpc) is 2.61. The lowest BCUT2D eigenvalue weighted by Crippen LogP contribution is -2.29. The second kappa shape index (κ2) is 7.41. The molecule has 0 bridgehead atoms. The summed E-state index contributed by atoms with van der Waals surface area (Å²) in [6.07, 6.45) is 2.12. The number of ether oxygens (including phenoxy) is 2. The Labute approximate surface area is 146 Å². The first-order valence-electron chi connectivity index (χ1n) is 7.76. The minimum atomic E-state index is -0.170. The number of halogens is 1. The Morgan fingerprint density at radius 1 is 1.29 bits per heavy atom. The molecule has 0 radical (unpaired) electrons. The summed E-state index contributed by atoms with van der Waals surface area (Å²) in [6, 6.07) is 13.0. The van der Waals surface area contributed by atoms with Crippen molar-refractivity contribution in [3.8, 4) is 17.2 Å². The SMILES string of the molecule is C=CC(=O)NCC1CCOc2ccc(Oc3ccc(Cl)cc3)cc21. The Bertz CT molecular complexity index is 743. The van der Waals surface area contributed by atoms with Crippen molar-refractivity contribution >= 4 is 17.5 Å². The smallest absolute Gasteiger partial charge is 0.243 e. The van der Waals surface area contributed by atoms with Crippen molar-refractivity contribution in [1.82, 2.24) is 5.32 Å². The highest BCUT2D eigenvalue weighted by Gasteiger charge is 2.22. The number of benzene rings is 2. The fourth-order valence-corrected chi connectivity index (χ4v) is 2.78. The summed E-state index contributed by atoms with van der Waals surface area (Å²) in [4.78, 5) is 11.4. The van der Waals surface area contributed by atoms with Crippen LogP contribution in [0.2, 0.25) is 5.02 Å². The van der Waals surface area contributed by atoms with Gasteiger partial charge in [-0.1, -0.05) is 18.2 Å². The quantitative estimate of drug-likeness (QED) is 0.823. The minimum absolute atomic E-state index is 0.170. The number of hydrogen-bond donors (Lipinski definition) is 1. The molecular weight excluding hydrogens is 326 g/mol. The van der Waals surface area contributed by atoms with Crippen LogP contribution < -0.4 is 14.8 Å². The van der Waals surface area contributed by atoms with Gasteiger partial charge in [0, 0.05) is 23.0 Å². The van der Waals surface area contributed by atoms with Crippen LogP contribution in [0.5, 0.6) is 17.2 Å². The molecule has 3 rings (SSSR count). The molecule has 1 aliphatic rings. The number of hydrogen-bond acceptors (Lipinski definition) is 3. The maximum absolute atomic E-state index is 11.4. The van der Waals surface area contributed by atoms with Gasteiger partial charge >= 0.3 is 0 Å². The summed E-state index contributed by atoms with van der Waals surface area (Å²) < 4.78 is 11.6. The fourth-order valence-electron chi connectivity index (χ4n) is 2.65. The lowest BCUT2D eigenvalue weighted by atomic mass is 9.93. The van der Waals surface area contributed by atoms with E-state index < -0.39 is 0 Å². The molecule has 0 fully saturated rings. The zero-order chi connectivity index (χ0) is 16.9. The van der Waals surface area contributed by atoms with Crippen molar-refractivity contribution in [1.29, 1.82) is 0 Å². The highest BCUT2D eigenvalue weighted by molar-refractivity contribution is 6.30. The van der Waals surface area contributed by atoms with Gasteiger partial charge in [-0.3, -0.25) is 4.79 Å². The van der Waals surface area contributed by atoms with E-state index in [9.17, 15) is 4.79 Å². The van der Waals surface area contributed by atoms with E-state index in [1.54, 1.807) is 12.1 Å². The van der Waals surface area contributed by atoms with Gasteiger partial charge in [0.05, 0.1) is 6.61 Å². The molecule has 1 atom stereocenters. The molecule has 0 aliphatic carbocycles. The van der Waals surface area contributed by atoms with Crippen LogP contribution in [0.15, 0.2) is 55.1 Å². The van der Waals surface area contributed by atoms with Gasteiger partial charge in [-0.25, -0.2) is 0 Å². The molecule has 0 spiro atoms. The fraction of sp³-hybridized carbons (Fsp3) is 0.211. The van der Waals surface area contributed by atoms with Crippen molar-refractivity contribution < 1.29 is 14.3 Å². The lowest BCUT2D eigenvalue weighted by molar-refractivity contribution is -0.116. The Kier molecular flexibility index (Phi) is 5.06. The van der Waals surface area contributed by atoms with E-state index in [1.807, 2.05) is 30.3 Å². The second-order valence-electron chi connectivity index (χ2n) is 5.54. The number of fused-ring (bicyclic) bond motifs is 1. The molecule has 2 aromatic rings. The van der Waals surface area contributed by atoms with E-state index in [2.05, 4.69) is 11.9 Å². The monoisotopic (exact) mass is 343 g/mol. The summed E-state index contributed by atoms with van der Waals surface area (Å²) in [7, 11) is 0. The molecule has 124 valence electrons. The summed E-state index contributed by atoms with van der Waals surface area (Å²) in [5, 5.41) is 3.52. The van der Waals surface area contributed by atoms with E-state index in [0.717, 1.165) is 23.5 Å². The first kappa shape index (κ1) is 16.4. The Hall–Kier alpha value is -2.46. The van der Waals surface area contributed by atoms with E-state index in [-0.39, 0.29) is 11.8 Å². The van der Waals surface area contributed by atoms with E-state index in [4.69, 9.17) is 21.1 Å². The first-order valence-corrected chi connectivity index (χ1v) is 8.14. The van der Waals surface area contributed by atoms with Crippen molar-refractivity contribution in [3.05, 3.63) is 65.7 Å². The zero-order valence-electron chi connectivity index (χ0n) is 13.1. The van der Waals surface area contributed by atoms with Crippen LogP contribution in [0.1, 0.15) is 17.9 Å². The van der Waals surface area contributed by atoms with Crippen LogP contribution in [0.4, 0.5) is 0 Å².